The molecule has 2 N–H and O–H groups in total. The molecule has 0 bridgehead atoms. The van der Waals surface area contributed by atoms with Crippen molar-refractivity contribution in [2.45, 2.75) is 45.1 Å². The normalized spacial score (nSPS) is 19.0. The first-order valence-electron chi connectivity index (χ1n) is 6.68. The van der Waals surface area contributed by atoms with E-state index in [1.807, 2.05) is 11.9 Å². The molecule has 0 radical (unpaired) electrons. The number of rotatable bonds is 6. The van der Waals surface area contributed by atoms with Crippen LogP contribution in [0.1, 0.15) is 39.0 Å². The van der Waals surface area contributed by atoms with Crippen molar-refractivity contribution in [2.75, 3.05) is 26.8 Å². The van der Waals surface area contributed by atoms with Crippen molar-refractivity contribution in [3.8, 4) is 0 Å². The number of ether oxygens (including phenoxy) is 1. The van der Waals surface area contributed by atoms with Crippen molar-refractivity contribution < 1.29 is 9.53 Å². The maximum Gasteiger partial charge on any atom is 0.222 e. The number of nitrogens with zero attached hydrogens (tertiary/aromatic N) is 1. The Hall–Kier alpha value is -0.610. The minimum absolute atomic E-state index is 0.265. The molecule has 0 aromatic rings. The minimum Gasteiger partial charge on any atom is -0.381 e. The molecule has 0 aromatic carbocycles. The van der Waals surface area contributed by atoms with Gasteiger partial charge in [0, 0.05) is 32.7 Å². The lowest BCUT2D eigenvalue weighted by molar-refractivity contribution is -0.133. The highest BCUT2D eigenvalue weighted by atomic mass is 16.5. The Morgan fingerprint density at radius 1 is 1.41 bits per heavy atom. The summed E-state index contributed by atoms with van der Waals surface area (Å²) in [6.45, 7) is 4.44. The van der Waals surface area contributed by atoms with E-state index in [1.165, 1.54) is 0 Å². The van der Waals surface area contributed by atoms with Crippen LogP contribution in [0.15, 0.2) is 0 Å². The summed E-state index contributed by atoms with van der Waals surface area (Å²) >= 11 is 0. The summed E-state index contributed by atoms with van der Waals surface area (Å²) in [7, 11) is 1.92. The fourth-order valence-electron chi connectivity index (χ4n) is 2.25. The second-order valence-corrected chi connectivity index (χ2v) is 5.07. The summed E-state index contributed by atoms with van der Waals surface area (Å²) in [5.41, 5.74) is 5.50. The Labute approximate surface area is 104 Å². The number of hydrogen-bond acceptors (Lipinski definition) is 3. The van der Waals surface area contributed by atoms with Gasteiger partial charge in [0.05, 0.1) is 0 Å². The fraction of sp³-hybridized carbons (Fsp3) is 0.923. The zero-order valence-corrected chi connectivity index (χ0v) is 11.2. The van der Waals surface area contributed by atoms with Gasteiger partial charge in [0.15, 0.2) is 0 Å². The highest BCUT2D eigenvalue weighted by Gasteiger charge is 2.22. The molecule has 4 nitrogen and oxygen atoms in total. The molecule has 0 saturated carbocycles. The van der Waals surface area contributed by atoms with Crippen LogP contribution in [0.25, 0.3) is 0 Å². The lowest BCUT2D eigenvalue weighted by Crippen LogP contribution is -2.40. The minimum atomic E-state index is 0.265. The predicted molar refractivity (Wildman–Crippen MR) is 68.7 cm³/mol. The Morgan fingerprint density at radius 3 is 2.65 bits per heavy atom. The smallest absolute Gasteiger partial charge is 0.222 e. The molecule has 0 aromatic heterocycles. The van der Waals surface area contributed by atoms with Gasteiger partial charge in [-0.15, -0.1) is 0 Å². The molecule has 1 amide bonds. The van der Waals surface area contributed by atoms with Crippen molar-refractivity contribution in [3.63, 3.8) is 0 Å². The van der Waals surface area contributed by atoms with Crippen LogP contribution in [-0.2, 0) is 9.53 Å². The maximum atomic E-state index is 12.0. The van der Waals surface area contributed by atoms with Crippen LogP contribution in [0.3, 0.4) is 0 Å². The first-order chi connectivity index (χ1) is 8.15. The average molecular weight is 242 g/mol. The summed E-state index contributed by atoms with van der Waals surface area (Å²) < 4.78 is 5.31. The van der Waals surface area contributed by atoms with Crippen LogP contribution in [0.2, 0.25) is 0 Å². The zero-order valence-electron chi connectivity index (χ0n) is 11.2. The Kier molecular flexibility index (Phi) is 6.52. The highest BCUT2D eigenvalue weighted by Crippen LogP contribution is 2.16. The van der Waals surface area contributed by atoms with Gasteiger partial charge in [0.25, 0.3) is 0 Å². The third-order valence-corrected chi connectivity index (χ3v) is 3.64. The van der Waals surface area contributed by atoms with E-state index in [1.54, 1.807) is 0 Å². The molecule has 4 heteroatoms. The monoisotopic (exact) mass is 242 g/mol. The van der Waals surface area contributed by atoms with Crippen molar-refractivity contribution in [3.05, 3.63) is 0 Å². The van der Waals surface area contributed by atoms with E-state index < -0.39 is 0 Å². The molecule has 1 atom stereocenters. The van der Waals surface area contributed by atoms with E-state index in [0.29, 0.717) is 24.9 Å². The third kappa shape index (κ3) is 5.04. The second-order valence-electron chi connectivity index (χ2n) is 5.07. The molecule has 1 fully saturated rings. The molecule has 17 heavy (non-hydrogen) atoms. The number of carbonyl (C=O) groups excluding carboxylic acids is 1. The van der Waals surface area contributed by atoms with Crippen LogP contribution >= 0.6 is 0 Å². The van der Waals surface area contributed by atoms with Crippen molar-refractivity contribution in [2.24, 2.45) is 11.7 Å². The molecule has 0 spiro atoms. The Morgan fingerprint density at radius 2 is 2.06 bits per heavy atom. The van der Waals surface area contributed by atoms with Crippen molar-refractivity contribution in [1.29, 1.82) is 0 Å². The number of hydrogen-bond donors (Lipinski definition) is 1. The largest absolute Gasteiger partial charge is 0.381 e. The van der Waals surface area contributed by atoms with E-state index in [-0.39, 0.29) is 5.91 Å². The molecule has 1 saturated heterocycles. The summed E-state index contributed by atoms with van der Waals surface area (Å²) in [5.74, 6) is 0.813. The van der Waals surface area contributed by atoms with Gasteiger partial charge in [-0.3, -0.25) is 4.79 Å². The Balaban J connectivity index is 2.25. The van der Waals surface area contributed by atoms with Crippen LogP contribution in [0, 0.1) is 5.92 Å². The third-order valence-electron chi connectivity index (χ3n) is 3.64. The summed E-state index contributed by atoms with van der Waals surface area (Å²) in [4.78, 5) is 13.9. The van der Waals surface area contributed by atoms with Gasteiger partial charge in [-0.25, -0.2) is 0 Å². The molecular formula is C13H26N2O2. The molecule has 1 unspecified atom stereocenters. The van der Waals surface area contributed by atoms with Gasteiger partial charge in [-0.2, -0.15) is 0 Å². The van der Waals surface area contributed by atoms with Crippen molar-refractivity contribution in [1.82, 2.24) is 4.90 Å². The summed E-state index contributed by atoms with van der Waals surface area (Å²) in [6.07, 6.45) is 4.55. The molecule has 1 aliphatic rings. The lowest BCUT2D eigenvalue weighted by Gasteiger charge is -2.31. The van der Waals surface area contributed by atoms with Crippen LogP contribution < -0.4 is 5.73 Å². The highest BCUT2D eigenvalue weighted by molar-refractivity contribution is 5.76. The molecular weight excluding hydrogens is 216 g/mol. The average Bonchev–Trinajstić information content (AvgIpc) is 2.36. The SMILES string of the molecule is CC(CCN)CCC(=O)N(C)C1CCOCC1. The molecule has 1 aliphatic heterocycles. The molecule has 1 heterocycles. The lowest BCUT2D eigenvalue weighted by atomic mass is 10.0. The summed E-state index contributed by atoms with van der Waals surface area (Å²) in [6, 6.07) is 0.376. The summed E-state index contributed by atoms with van der Waals surface area (Å²) in [5, 5.41) is 0. The van der Waals surface area contributed by atoms with E-state index in [9.17, 15) is 4.79 Å². The molecule has 0 aliphatic carbocycles. The quantitative estimate of drug-likeness (QED) is 0.765. The van der Waals surface area contributed by atoms with Gasteiger partial charge in [0.1, 0.15) is 0 Å². The van der Waals surface area contributed by atoms with Gasteiger partial charge < -0.3 is 15.4 Å². The van der Waals surface area contributed by atoms with Gasteiger partial charge in [-0.05, 0) is 38.1 Å². The predicted octanol–water partition coefficient (Wildman–Crippen LogP) is 1.39. The topological polar surface area (TPSA) is 55.6 Å². The standard InChI is InChI=1S/C13H26N2O2/c1-11(5-8-14)3-4-13(16)15(2)12-6-9-17-10-7-12/h11-12H,3-10,14H2,1-2H3. The second kappa shape index (κ2) is 7.67. The first kappa shape index (κ1) is 14.5. The van der Waals surface area contributed by atoms with Crippen LogP contribution in [0.5, 0.6) is 0 Å². The van der Waals surface area contributed by atoms with E-state index in [0.717, 1.165) is 38.9 Å². The Bertz CT molecular complexity index is 227. The van der Waals surface area contributed by atoms with Crippen LogP contribution in [0.4, 0.5) is 0 Å². The van der Waals surface area contributed by atoms with E-state index in [4.69, 9.17) is 10.5 Å². The van der Waals surface area contributed by atoms with Gasteiger partial charge >= 0.3 is 0 Å². The first-order valence-corrected chi connectivity index (χ1v) is 6.68. The fourth-order valence-corrected chi connectivity index (χ4v) is 2.25. The number of nitrogens with two attached hydrogens (primary N) is 1. The number of amides is 1. The zero-order chi connectivity index (χ0) is 12.7. The van der Waals surface area contributed by atoms with E-state index in [2.05, 4.69) is 6.92 Å². The molecule has 100 valence electrons. The van der Waals surface area contributed by atoms with Gasteiger partial charge in [-0.1, -0.05) is 6.92 Å². The maximum absolute atomic E-state index is 12.0. The van der Waals surface area contributed by atoms with Gasteiger partial charge in [0.2, 0.25) is 5.91 Å². The number of carbonyl (C=O) groups is 1. The van der Waals surface area contributed by atoms with Crippen molar-refractivity contribution >= 4 is 5.91 Å². The van der Waals surface area contributed by atoms with Crippen LogP contribution in [-0.4, -0.2) is 43.7 Å². The van der Waals surface area contributed by atoms with E-state index >= 15 is 0 Å². The molecule has 1 rings (SSSR count).